The number of benzene rings is 2. The summed E-state index contributed by atoms with van der Waals surface area (Å²) in [6, 6.07) is 20.0. The van der Waals surface area contributed by atoms with Crippen LogP contribution in [0.4, 0.5) is 0 Å². The molecule has 1 unspecified atom stereocenters. The van der Waals surface area contributed by atoms with Crippen molar-refractivity contribution >= 4 is 16.9 Å². The summed E-state index contributed by atoms with van der Waals surface area (Å²) in [5.41, 5.74) is 3.92. The molecule has 5 rings (SSSR count). The molecule has 0 saturated heterocycles. The van der Waals surface area contributed by atoms with Gasteiger partial charge < -0.3 is 18.6 Å². The molecule has 1 aliphatic rings. The molecule has 0 saturated carbocycles. The Bertz CT molecular complexity index is 1160. The Hall–Kier alpha value is -3.47. The van der Waals surface area contributed by atoms with Crippen LogP contribution in [0.3, 0.4) is 0 Å². The number of hydrogen-bond acceptors (Lipinski definition) is 3. The molecule has 5 nitrogen and oxygen atoms in total. The molecule has 146 valence electrons. The number of carbonyl (C=O) groups is 1. The highest BCUT2D eigenvalue weighted by Crippen LogP contribution is 2.33. The Morgan fingerprint density at radius 3 is 2.79 bits per heavy atom. The molecule has 5 heteroatoms. The number of aromatic nitrogens is 1. The van der Waals surface area contributed by atoms with Crippen molar-refractivity contribution in [1.82, 2.24) is 9.47 Å². The smallest absolute Gasteiger partial charge is 0.228 e. The van der Waals surface area contributed by atoms with E-state index in [1.165, 1.54) is 0 Å². The molecule has 1 atom stereocenters. The third-order valence-electron chi connectivity index (χ3n) is 5.68. The maximum absolute atomic E-state index is 13.4. The maximum Gasteiger partial charge on any atom is 0.228 e. The molecule has 0 spiro atoms. The first kappa shape index (κ1) is 17.6. The zero-order valence-corrected chi connectivity index (χ0v) is 16.2. The van der Waals surface area contributed by atoms with Crippen molar-refractivity contribution in [2.45, 2.75) is 19.0 Å². The summed E-state index contributed by atoms with van der Waals surface area (Å²) in [6.45, 7) is 1.49. The van der Waals surface area contributed by atoms with Crippen LogP contribution in [-0.4, -0.2) is 29.0 Å². The van der Waals surface area contributed by atoms with Gasteiger partial charge in [-0.3, -0.25) is 4.79 Å². The van der Waals surface area contributed by atoms with Gasteiger partial charge in [0.05, 0.1) is 25.8 Å². The number of fused-ring (bicyclic) bond motifs is 2. The fourth-order valence-electron chi connectivity index (χ4n) is 4.23. The van der Waals surface area contributed by atoms with Crippen LogP contribution in [0.2, 0.25) is 0 Å². The molecule has 0 aliphatic carbocycles. The van der Waals surface area contributed by atoms with Gasteiger partial charge in [0.25, 0.3) is 0 Å². The number of nitrogens with zero attached hydrogens (tertiary/aromatic N) is 2. The van der Waals surface area contributed by atoms with E-state index >= 15 is 0 Å². The van der Waals surface area contributed by atoms with E-state index in [1.54, 1.807) is 13.4 Å². The topological polar surface area (TPSA) is 47.6 Å². The van der Waals surface area contributed by atoms with Gasteiger partial charge in [-0.1, -0.05) is 30.3 Å². The standard InChI is InChI=1S/C24H22N2O3/c1-28-19-9-10-20-18(16-29-22(20)15-19)14-23(27)26-13-12-25-11-5-8-21(25)24(26)17-6-3-2-4-7-17/h2-11,15-16,24H,12-14H2,1H3. The highest BCUT2D eigenvalue weighted by atomic mass is 16.5. The molecule has 1 aliphatic heterocycles. The van der Waals surface area contributed by atoms with Gasteiger partial charge >= 0.3 is 0 Å². The normalized spacial score (nSPS) is 16.0. The van der Waals surface area contributed by atoms with E-state index in [9.17, 15) is 4.79 Å². The Morgan fingerprint density at radius 1 is 1.10 bits per heavy atom. The van der Waals surface area contributed by atoms with E-state index in [1.807, 2.05) is 41.3 Å². The average molecular weight is 386 g/mol. The van der Waals surface area contributed by atoms with E-state index in [0.29, 0.717) is 13.0 Å². The van der Waals surface area contributed by atoms with Gasteiger partial charge in [0, 0.05) is 42.0 Å². The lowest BCUT2D eigenvalue weighted by Gasteiger charge is -2.37. The number of hydrogen-bond donors (Lipinski definition) is 0. The van der Waals surface area contributed by atoms with Crippen LogP contribution in [-0.2, 0) is 17.8 Å². The lowest BCUT2D eigenvalue weighted by atomic mass is 9.99. The molecule has 4 aromatic rings. The zero-order valence-electron chi connectivity index (χ0n) is 16.2. The minimum absolute atomic E-state index is 0.0780. The number of rotatable bonds is 4. The van der Waals surface area contributed by atoms with Gasteiger partial charge in [-0.25, -0.2) is 0 Å². The molecule has 29 heavy (non-hydrogen) atoms. The van der Waals surface area contributed by atoms with Gasteiger partial charge in [-0.15, -0.1) is 0 Å². The summed E-state index contributed by atoms with van der Waals surface area (Å²) in [5.74, 6) is 0.843. The maximum atomic E-state index is 13.4. The van der Waals surface area contributed by atoms with Crippen molar-refractivity contribution in [1.29, 1.82) is 0 Å². The molecule has 0 radical (unpaired) electrons. The first-order valence-corrected chi connectivity index (χ1v) is 9.78. The summed E-state index contributed by atoms with van der Waals surface area (Å²) < 4.78 is 13.2. The molecule has 0 bridgehead atoms. The second-order valence-electron chi connectivity index (χ2n) is 7.33. The van der Waals surface area contributed by atoms with E-state index in [2.05, 4.69) is 35.0 Å². The molecule has 0 N–H and O–H groups in total. The van der Waals surface area contributed by atoms with Gasteiger partial charge in [-0.05, 0) is 29.8 Å². The molecule has 3 heterocycles. The van der Waals surface area contributed by atoms with Crippen LogP contribution in [0, 0.1) is 0 Å². The number of ether oxygens (including phenoxy) is 1. The van der Waals surface area contributed by atoms with Crippen LogP contribution < -0.4 is 4.74 Å². The van der Waals surface area contributed by atoms with Crippen molar-refractivity contribution in [3.05, 3.63) is 89.9 Å². The number of methoxy groups -OCH3 is 1. The Balaban J connectivity index is 1.47. The monoisotopic (exact) mass is 386 g/mol. The van der Waals surface area contributed by atoms with Gasteiger partial charge in [0.1, 0.15) is 11.3 Å². The first-order chi connectivity index (χ1) is 14.2. The van der Waals surface area contributed by atoms with Crippen LogP contribution in [0.1, 0.15) is 22.9 Å². The number of amides is 1. The minimum atomic E-state index is -0.0780. The Labute approximate surface area is 169 Å². The van der Waals surface area contributed by atoms with E-state index in [-0.39, 0.29) is 11.9 Å². The zero-order chi connectivity index (χ0) is 19.8. The number of carbonyl (C=O) groups excluding carboxylic acids is 1. The summed E-state index contributed by atoms with van der Waals surface area (Å²) in [4.78, 5) is 15.4. The van der Waals surface area contributed by atoms with Gasteiger partial charge in [0.15, 0.2) is 0 Å². The predicted molar refractivity (Wildman–Crippen MR) is 111 cm³/mol. The highest BCUT2D eigenvalue weighted by Gasteiger charge is 2.32. The van der Waals surface area contributed by atoms with E-state index in [0.717, 1.165) is 40.1 Å². The van der Waals surface area contributed by atoms with Crippen LogP contribution >= 0.6 is 0 Å². The lowest BCUT2D eigenvalue weighted by Crippen LogP contribution is -2.43. The molecule has 2 aromatic carbocycles. The van der Waals surface area contributed by atoms with E-state index in [4.69, 9.17) is 9.15 Å². The SMILES string of the molecule is COc1ccc2c(CC(=O)N3CCn4cccc4C3c3ccccc3)coc2c1. The Kier molecular flexibility index (Phi) is 4.35. The third kappa shape index (κ3) is 3.09. The van der Waals surface area contributed by atoms with Crippen LogP contribution in [0.5, 0.6) is 5.75 Å². The van der Waals surface area contributed by atoms with Crippen LogP contribution in [0.15, 0.2) is 77.5 Å². The third-order valence-corrected chi connectivity index (χ3v) is 5.68. The molecule has 0 fully saturated rings. The summed E-state index contributed by atoms with van der Waals surface area (Å²) >= 11 is 0. The van der Waals surface area contributed by atoms with Crippen molar-refractivity contribution < 1.29 is 13.9 Å². The van der Waals surface area contributed by atoms with Crippen LogP contribution in [0.25, 0.3) is 11.0 Å². The minimum Gasteiger partial charge on any atom is -0.497 e. The Morgan fingerprint density at radius 2 is 1.97 bits per heavy atom. The van der Waals surface area contributed by atoms with Crippen molar-refractivity contribution in [2.24, 2.45) is 0 Å². The fourth-order valence-corrected chi connectivity index (χ4v) is 4.23. The second kappa shape index (κ2) is 7.17. The predicted octanol–water partition coefficient (Wildman–Crippen LogP) is 4.42. The quantitative estimate of drug-likeness (QED) is 0.522. The molecular weight excluding hydrogens is 364 g/mol. The molecular formula is C24H22N2O3. The summed E-state index contributed by atoms with van der Waals surface area (Å²) in [6.07, 6.45) is 4.08. The largest absolute Gasteiger partial charge is 0.497 e. The van der Waals surface area contributed by atoms with Crippen molar-refractivity contribution in [3.63, 3.8) is 0 Å². The lowest BCUT2D eigenvalue weighted by molar-refractivity contribution is -0.133. The summed E-state index contributed by atoms with van der Waals surface area (Å²) in [7, 11) is 1.63. The second-order valence-corrected chi connectivity index (χ2v) is 7.33. The van der Waals surface area contributed by atoms with E-state index < -0.39 is 0 Å². The first-order valence-electron chi connectivity index (χ1n) is 9.78. The highest BCUT2D eigenvalue weighted by molar-refractivity contribution is 5.88. The summed E-state index contributed by atoms with van der Waals surface area (Å²) in [5, 5.41) is 0.954. The van der Waals surface area contributed by atoms with Gasteiger partial charge in [0.2, 0.25) is 5.91 Å². The van der Waals surface area contributed by atoms with Crippen molar-refractivity contribution in [3.8, 4) is 5.75 Å². The molecule has 2 aromatic heterocycles. The number of furan rings is 1. The van der Waals surface area contributed by atoms with Crippen molar-refractivity contribution in [2.75, 3.05) is 13.7 Å². The molecule has 1 amide bonds. The van der Waals surface area contributed by atoms with Gasteiger partial charge in [-0.2, -0.15) is 0 Å². The fraction of sp³-hybridized carbons (Fsp3) is 0.208. The average Bonchev–Trinajstić information content (AvgIpc) is 3.40.